The summed E-state index contributed by atoms with van der Waals surface area (Å²) >= 11 is 2.84. The van der Waals surface area contributed by atoms with E-state index in [0.717, 1.165) is 19.6 Å². The van der Waals surface area contributed by atoms with Gasteiger partial charge in [-0.2, -0.15) is 10.5 Å². The smallest absolute Gasteiger partial charge is 0.247 e. The largest absolute Gasteiger partial charge is 0.300 e. The average Bonchev–Trinajstić information content (AvgIpc) is 2.81. The van der Waals surface area contributed by atoms with E-state index in [2.05, 4.69) is 12.1 Å². The first kappa shape index (κ1) is 20.2. The number of nitriles is 2. The van der Waals surface area contributed by atoms with E-state index >= 15 is 0 Å². The van der Waals surface area contributed by atoms with Gasteiger partial charge >= 0.3 is 0 Å². The van der Waals surface area contributed by atoms with Gasteiger partial charge in [0.05, 0.1) is 22.5 Å². The predicted molar refractivity (Wildman–Crippen MR) is 122 cm³/mol. The van der Waals surface area contributed by atoms with Crippen molar-refractivity contribution in [2.45, 2.75) is 19.6 Å². The number of rotatable bonds is 0. The van der Waals surface area contributed by atoms with E-state index in [1.807, 2.05) is 48.5 Å². The molecule has 3 aliphatic rings. The molecular weight excluding hydrogens is 440 g/mol. The Labute approximate surface area is 193 Å². The van der Waals surface area contributed by atoms with Gasteiger partial charge in [-0.1, -0.05) is 47.8 Å². The highest BCUT2D eigenvalue weighted by Crippen LogP contribution is 2.46. The van der Waals surface area contributed by atoms with E-state index in [1.54, 1.807) is 12.1 Å². The van der Waals surface area contributed by atoms with Gasteiger partial charge in [-0.15, -0.1) is 0 Å². The molecule has 3 aromatic rings. The number of para-hydroxylation sites is 2. The van der Waals surface area contributed by atoms with Crippen LogP contribution in [0.2, 0.25) is 0 Å². The first-order valence-corrected chi connectivity index (χ1v) is 11.3. The van der Waals surface area contributed by atoms with Gasteiger partial charge in [0.1, 0.15) is 25.2 Å². The summed E-state index contributed by atoms with van der Waals surface area (Å²) < 4.78 is 0. The molecule has 154 valence electrons. The van der Waals surface area contributed by atoms with Gasteiger partial charge in [0.15, 0.2) is 0 Å². The van der Waals surface area contributed by atoms with E-state index in [0.29, 0.717) is 22.5 Å². The summed E-state index contributed by atoms with van der Waals surface area (Å²) in [4.78, 5) is 32.4. The van der Waals surface area contributed by atoms with Crippen LogP contribution in [0.5, 0.6) is 0 Å². The van der Waals surface area contributed by atoms with Crippen LogP contribution in [0.3, 0.4) is 0 Å². The van der Waals surface area contributed by atoms with Crippen LogP contribution in [0.4, 0.5) is 11.4 Å². The van der Waals surface area contributed by atoms with Crippen molar-refractivity contribution in [2.75, 3.05) is 22.9 Å². The van der Waals surface area contributed by atoms with Gasteiger partial charge in [-0.25, -0.2) is 0 Å². The first-order valence-electron chi connectivity index (χ1n) is 9.72. The fraction of sp³-hybridized carbons (Fsp3) is 0.0833. The van der Waals surface area contributed by atoms with Crippen molar-refractivity contribution in [3.8, 4) is 12.1 Å². The Morgan fingerprint density at radius 3 is 1.47 bits per heavy atom. The quantitative estimate of drug-likeness (QED) is 0.499. The number of benzene rings is 3. The van der Waals surface area contributed by atoms with Gasteiger partial charge in [-0.3, -0.25) is 9.59 Å². The average molecular weight is 455 g/mol. The van der Waals surface area contributed by atoms with E-state index in [9.17, 15) is 20.1 Å². The van der Waals surface area contributed by atoms with Crippen molar-refractivity contribution in [3.05, 3.63) is 71.8 Å². The number of hydrogen-bond donors (Lipinski definition) is 0. The van der Waals surface area contributed by atoms with E-state index in [1.165, 1.54) is 33.3 Å². The Kier molecular flexibility index (Phi) is 5.10. The molecule has 1 fully saturated rings. The van der Waals surface area contributed by atoms with Gasteiger partial charge in [-0.05, 0) is 36.4 Å². The Morgan fingerprint density at radius 1 is 0.656 bits per heavy atom. The number of anilines is 2. The lowest BCUT2D eigenvalue weighted by Gasteiger charge is -2.36. The van der Waals surface area contributed by atoms with Crippen LogP contribution in [-0.4, -0.2) is 24.9 Å². The monoisotopic (exact) mass is 454 g/mol. The molecule has 0 radical (unpaired) electrons. The molecule has 0 aromatic heterocycles. The summed E-state index contributed by atoms with van der Waals surface area (Å²) in [6.45, 7) is -0.0852. The molecule has 0 atom stereocenters. The van der Waals surface area contributed by atoms with Gasteiger partial charge in [0, 0.05) is 19.6 Å². The third-order valence-electron chi connectivity index (χ3n) is 5.27. The van der Waals surface area contributed by atoms with Gasteiger partial charge in [0.25, 0.3) is 0 Å². The van der Waals surface area contributed by atoms with Crippen molar-refractivity contribution in [2.24, 2.45) is 0 Å². The molecule has 0 saturated carbocycles. The maximum Gasteiger partial charge on any atom is 0.247 e. The van der Waals surface area contributed by atoms with Crippen molar-refractivity contribution in [1.29, 1.82) is 10.5 Å². The lowest BCUT2D eigenvalue weighted by Crippen LogP contribution is -2.54. The van der Waals surface area contributed by atoms with Crippen molar-refractivity contribution < 1.29 is 9.59 Å². The topological polar surface area (TPSA) is 88.2 Å². The standard InChI is InChI=1S/C24H14N4O2S2/c25-11-15-9-21-22(10-16(15)12-26)32-20-8-4-2-6-18(20)28-14-23(29)27(13-24(28)30)17-5-1-3-7-19(17)31-21/h1-10H,13-14H2. The highest BCUT2D eigenvalue weighted by atomic mass is 32.2. The first-order chi connectivity index (χ1) is 15.6. The number of hydrogen-bond acceptors (Lipinski definition) is 6. The molecule has 0 unspecified atom stereocenters. The second-order valence-corrected chi connectivity index (χ2v) is 9.34. The molecule has 6 nitrogen and oxygen atoms in total. The summed E-state index contributed by atoms with van der Waals surface area (Å²) in [6.07, 6.45) is 0. The molecule has 1 saturated heterocycles. The Balaban J connectivity index is 1.78. The molecule has 0 spiro atoms. The number of carbonyl (C=O) groups is 2. The fourth-order valence-corrected chi connectivity index (χ4v) is 5.99. The minimum Gasteiger partial charge on any atom is -0.300 e. The molecular formula is C24H14N4O2S2. The maximum atomic E-state index is 13.1. The van der Waals surface area contributed by atoms with Crippen molar-refractivity contribution in [1.82, 2.24) is 0 Å². The van der Waals surface area contributed by atoms with E-state index in [4.69, 9.17) is 0 Å². The highest BCUT2D eigenvalue weighted by molar-refractivity contribution is 8.02. The normalized spacial score (nSPS) is 14.9. The molecule has 32 heavy (non-hydrogen) atoms. The minimum absolute atomic E-state index is 0.0426. The number of fused-ring (bicyclic) bond motifs is 2. The summed E-state index contributed by atoms with van der Waals surface area (Å²) in [5, 5.41) is 19.1. The van der Waals surface area contributed by atoms with Crippen LogP contribution in [-0.2, 0) is 9.59 Å². The lowest BCUT2D eigenvalue weighted by atomic mass is 10.1. The predicted octanol–water partition coefficient (Wildman–Crippen LogP) is 4.43. The molecule has 8 heteroatoms. The zero-order valence-corrected chi connectivity index (χ0v) is 18.2. The number of nitrogens with zero attached hydrogens (tertiary/aromatic N) is 4. The summed E-state index contributed by atoms with van der Waals surface area (Å²) in [6, 6.07) is 22.5. The molecule has 2 amide bonds. The third-order valence-corrected chi connectivity index (χ3v) is 7.64. The van der Waals surface area contributed by atoms with Crippen LogP contribution in [0, 0.1) is 22.7 Å². The zero-order valence-electron chi connectivity index (χ0n) is 16.6. The Bertz CT molecular complexity index is 1270. The van der Waals surface area contributed by atoms with Crippen molar-refractivity contribution in [3.63, 3.8) is 0 Å². The molecule has 0 aliphatic carbocycles. The highest BCUT2D eigenvalue weighted by Gasteiger charge is 2.34. The lowest BCUT2D eigenvalue weighted by molar-refractivity contribution is -0.125. The van der Waals surface area contributed by atoms with Crippen LogP contribution in [0.1, 0.15) is 11.1 Å². The fourth-order valence-electron chi connectivity index (χ4n) is 3.73. The molecule has 3 aliphatic heterocycles. The summed E-state index contributed by atoms with van der Waals surface area (Å²) in [7, 11) is 0. The van der Waals surface area contributed by atoms with E-state index in [-0.39, 0.29) is 24.9 Å². The number of amides is 2. The van der Waals surface area contributed by atoms with Gasteiger partial charge < -0.3 is 9.80 Å². The SMILES string of the molecule is N#Cc1cc2c(cc1C#N)Sc1ccccc1N1CC(=O)N(CC1=O)c1ccccc1S2. The molecule has 3 aromatic carbocycles. The van der Waals surface area contributed by atoms with Crippen molar-refractivity contribution >= 4 is 46.7 Å². The van der Waals surface area contributed by atoms with Crippen LogP contribution in [0.25, 0.3) is 0 Å². The Morgan fingerprint density at radius 2 is 1.06 bits per heavy atom. The molecule has 2 bridgehead atoms. The maximum absolute atomic E-state index is 13.1. The zero-order chi connectivity index (χ0) is 22.2. The molecule has 6 rings (SSSR count). The Hall–Kier alpha value is -3.72. The van der Waals surface area contributed by atoms with Gasteiger partial charge in [0.2, 0.25) is 11.8 Å². The third kappa shape index (κ3) is 3.40. The number of carbonyl (C=O) groups excluding carboxylic acids is 2. The van der Waals surface area contributed by atoms with Crippen LogP contribution >= 0.6 is 23.5 Å². The molecule has 0 N–H and O–H groups in total. The summed E-state index contributed by atoms with van der Waals surface area (Å²) in [5.74, 6) is -0.313. The molecule has 3 heterocycles. The summed E-state index contributed by atoms with van der Waals surface area (Å²) in [5.41, 5.74) is 1.91. The second-order valence-electron chi connectivity index (χ2n) is 7.17. The second kappa shape index (κ2) is 8.08. The minimum atomic E-state index is -0.157. The van der Waals surface area contributed by atoms with E-state index < -0.39 is 0 Å². The van der Waals surface area contributed by atoms with Crippen LogP contribution in [0.15, 0.2) is 80.2 Å². The number of piperazine rings is 1. The van der Waals surface area contributed by atoms with Crippen LogP contribution < -0.4 is 9.80 Å².